The van der Waals surface area contributed by atoms with Crippen LogP contribution >= 0.6 is 0 Å². The first kappa shape index (κ1) is 14.5. The molecule has 1 aromatic rings. The zero-order valence-electron chi connectivity index (χ0n) is 11.4. The fourth-order valence-corrected chi connectivity index (χ4v) is 1.88. The number of phenolic OH excluding ortho intramolecular Hbond substituents is 1. The van der Waals surface area contributed by atoms with Gasteiger partial charge in [-0.15, -0.1) is 0 Å². The summed E-state index contributed by atoms with van der Waals surface area (Å²) >= 11 is 0. The van der Waals surface area contributed by atoms with Gasteiger partial charge in [-0.1, -0.05) is 12.1 Å². The van der Waals surface area contributed by atoms with Crippen LogP contribution in [0.5, 0.6) is 5.75 Å². The summed E-state index contributed by atoms with van der Waals surface area (Å²) in [5, 5.41) is 9.20. The molecular formula is C14H22N2O2. The molecule has 4 nitrogen and oxygen atoms in total. The molecule has 0 spiro atoms. The number of likely N-dealkylation sites (N-methyl/N-ethyl adjacent to an activating group) is 2. The summed E-state index contributed by atoms with van der Waals surface area (Å²) in [5.41, 5.74) is 1.09. The van der Waals surface area contributed by atoms with Gasteiger partial charge in [-0.25, -0.2) is 0 Å². The molecule has 1 aromatic carbocycles. The summed E-state index contributed by atoms with van der Waals surface area (Å²) < 4.78 is 0. The predicted octanol–water partition coefficient (Wildman–Crippen LogP) is 1.69. The van der Waals surface area contributed by atoms with E-state index in [1.54, 1.807) is 12.1 Å². The summed E-state index contributed by atoms with van der Waals surface area (Å²) in [4.78, 5) is 15.7. The van der Waals surface area contributed by atoms with Crippen LogP contribution in [0.4, 0.5) is 0 Å². The highest BCUT2D eigenvalue weighted by Gasteiger charge is 2.12. The van der Waals surface area contributed by atoms with E-state index in [2.05, 4.69) is 0 Å². The van der Waals surface area contributed by atoms with Crippen LogP contribution in [0.25, 0.3) is 0 Å². The Bertz CT molecular complexity index is 372. The Morgan fingerprint density at radius 2 is 1.72 bits per heavy atom. The van der Waals surface area contributed by atoms with Crippen LogP contribution < -0.4 is 0 Å². The van der Waals surface area contributed by atoms with Crippen molar-refractivity contribution in [3.63, 3.8) is 0 Å². The molecule has 0 heterocycles. The highest BCUT2D eigenvalue weighted by atomic mass is 16.3. The van der Waals surface area contributed by atoms with Crippen molar-refractivity contribution < 1.29 is 9.90 Å². The molecule has 0 fully saturated rings. The second-order valence-corrected chi connectivity index (χ2v) is 4.40. The second-order valence-electron chi connectivity index (χ2n) is 4.40. The Hall–Kier alpha value is -1.55. The average molecular weight is 250 g/mol. The SMILES string of the molecule is CCN(CC)C(=O)CN(C)Cc1ccc(O)cc1. The normalized spacial score (nSPS) is 10.7. The van der Waals surface area contributed by atoms with Gasteiger partial charge >= 0.3 is 0 Å². The largest absolute Gasteiger partial charge is 0.508 e. The molecule has 0 unspecified atom stereocenters. The van der Waals surface area contributed by atoms with E-state index < -0.39 is 0 Å². The highest BCUT2D eigenvalue weighted by molar-refractivity contribution is 5.78. The third kappa shape index (κ3) is 4.37. The Morgan fingerprint density at radius 3 is 2.22 bits per heavy atom. The molecular weight excluding hydrogens is 228 g/mol. The number of nitrogens with zero attached hydrogens (tertiary/aromatic N) is 2. The van der Waals surface area contributed by atoms with Crippen LogP contribution in [-0.4, -0.2) is 47.5 Å². The number of carbonyl (C=O) groups excluding carboxylic acids is 1. The van der Waals surface area contributed by atoms with Gasteiger partial charge in [0, 0.05) is 19.6 Å². The number of phenols is 1. The lowest BCUT2D eigenvalue weighted by atomic mass is 10.2. The Morgan fingerprint density at radius 1 is 1.17 bits per heavy atom. The van der Waals surface area contributed by atoms with Crippen LogP contribution in [-0.2, 0) is 11.3 Å². The highest BCUT2D eigenvalue weighted by Crippen LogP contribution is 2.11. The molecule has 1 rings (SSSR count). The van der Waals surface area contributed by atoms with Crippen LogP contribution in [0.1, 0.15) is 19.4 Å². The minimum absolute atomic E-state index is 0.154. The van der Waals surface area contributed by atoms with E-state index in [1.807, 2.05) is 42.8 Å². The molecule has 18 heavy (non-hydrogen) atoms. The van der Waals surface area contributed by atoms with Crippen molar-refractivity contribution >= 4 is 5.91 Å². The third-order valence-corrected chi connectivity index (χ3v) is 2.91. The lowest BCUT2D eigenvalue weighted by Crippen LogP contribution is -2.38. The summed E-state index contributed by atoms with van der Waals surface area (Å²) in [7, 11) is 1.92. The van der Waals surface area contributed by atoms with E-state index in [0.29, 0.717) is 13.1 Å². The molecule has 100 valence electrons. The van der Waals surface area contributed by atoms with Gasteiger partial charge in [0.1, 0.15) is 5.75 Å². The molecule has 1 amide bonds. The molecule has 0 saturated carbocycles. The summed E-state index contributed by atoms with van der Waals surface area (Å²) in [5.74, 6) is 0.418. The molecule has 0 atom stereocenters. The number of carbonyl (C=O) groups is 1. The number of hydrogen-bond donors (Lipinski definition) is 1. The predicted molar refractivity (Wildman–Crippen MR) is 72.4 cm³/mol. The van der Waals surface area contributed by atoms with Crippen molar-refractivity contribution in [2.45, 2.75) is 20.4 Å². The monoisotopic (exact) mass is 250 g/mol. The van der Waals surface area contributed by atoms with Crippen molar-refractivity contribution in [3.05, 3.63) is 29.8 Å². The smallest absolute Gasteiger partial charge is 0.236 e. The van der Waals surface area contributed by atoms with Gasteiger partial charge in [0.15, 0.2) is 0 Å². The van der Waals surface area contributed by atoms with E-state index in [9.17, 15) is 9.90 Å². The van der Waals surface area contributed by atoms with Crippen molar-refractivity contribution in [3.8, 4) is 5.75 Å². The van der Waals surface area contributed by atoms with Gasteiger partial charge < -0.3 is 10.0 Å². The Labute approximate surface area is 109 Å². The first-order chi connectivity index (χ1) is 8.56. The number of aromatic hydroxyl groups is 1. The van der Waals surface area contributed by atoms with Crippen molar-refractivity contribution in [2.24, 2.45) is 0 Å². The van der Waals surface area contributed by atoms with Gasteiger partial charge in [-0.05, 0) is 38.6 Å². The first-order valence-electron chi connectivity index (χ1n) is 6.31. The number of amides is 1. The molecule has 0 bridgehead atoms. The minimum atomic E-state index is 0.154. The Kier molecular flexibility index (Phi) is 5.65. The van der Waals surface area contributed by atoms with Crippen LogP contribution in [0.15, 0.2) is 24.3 Å². The number of rotatable bonds is 6. The summed E-state index contributed by atoms with van der Waals surface area (Å²) in [6.45, 7) is 6.60. The summed E-state index contributed by atoms with van der Waals surface area (Å²) in [6, 6.07) is 7.06. The van der Waals surface area contributed by atoms with Crippen molar-refractivity contribution in [1.82, 2.24) is 9.80 Å². The average Bonchev–Trinajstić information content (AvgIpc) is 2.33. The van der Waals surface area contributed by atoms with E-state index in [-0.39, 0.29) is 11.7 Å². The zero-order valence-corrected chi connectivity index (χ0v) is 11.4. The van der Waals surface area contributed by atoms with Crippen molar-refractivity contribution in [1.29, 1.82) is 0 Å². The number of benzene rings is 1. The van der Waals surface area contributed by atoms with Gasteiger partial charge in [0.2, 0.25) is 5.91 Å². The van der Waals surface area contributed by atoms with Crippen LogP contribution in [0, 0.1) is 0 Å². The Balaban J connectivity index is 2.48. The number of hydrogen-bond acceptors (Lipinski definition) is 3. The maximum Gasteiger partial charge on any atom is 0.236 e. The first-order valence-corrected chi connectivity index (χ1v) is 6.31. The zero-order chi connectivity index (χ0) is 13.5. The van der Waals surface area contributed by atoms with E-state index in [4.69, 9.17) is 0 Å². The minimum Gasteiger partial charge on any atom is -0.508 e. The summed E-state index contributed by atoms with van der Waals surface area (Å²) in [6.07, 6.45) is 0. The molecule has 1 N–H and O–H groups in total. The topological polar surface area (TPSA) is 43.8 Å². The fraction of sp³-hybridized carbons (Fsp3) is 0.500. The maximum absolute atomic E-state index is 11.9. The fourth-order valence-electron chi connectivity index (χ4n) is 1.88. The second kappa shape index (κ2) is 7.01. The van der Waals surface area contributed by atoms with E-state index in [1.165, 1.54) is 0 Å². The quantitative estimate of drug-likeness (QED) is 0.835. The van der Waals surface area contributed by atoms with E-state index >= 15 is 0 Å². The van der Waals surface area contributed by atoms with Gasteiger partial charge in [0.05, 0.1) is 6.54 Å². The lowest BCUT2D eigenvalue weighted by molar-refractivity contribution is -0.131. The molecule has 4 heteroatoms. The molecule has 0 saturated heterocycles. The standard InChI is InChI=1S/C14H22N2O2/c1-4-16(5-2)14(18)11-15(3)10-12-6-8-13(17)9-7-12/h6-9,17H,4-5,10-11H2,1-3H3. The van der Waals surface area contributed by atoms with Crippen LogP contribution in [0.3, 0.4) is 0 Å². The third-order valence-electron chi connectivity index (χ3n) is 2.91. The van der Waals surface area contributed by atoms with Gasteiger partial charge in [-0.2, -0.15) is 0 Å². The molecule has 0 aliphatic heterocycles. The van der Waals surface area contributed by atoms with Gasteiger partial charge in [-0.3, -0.25) is 9.69 Å². The molecule has 0 aliphatic rings. The van der Waals surface area contributed by atoms with Gasteiger partial charge in [0.25, 0.3) is 0 Å². The molecule has 0 aromatic heterocycles. The molecule has 0 aliphatic carbocycles. The lowest BCUT2D eigenvalue weighted by Gasteiger charge is -2.23. The molecule has 0 radical (unpaired) electrons. The maximum atomic E-state index is 11.9. The van der Waals surface area contributed by atoms with Crippen LogP contribution in [0.2, 0.25) is 0 Å². The van der Waals surface area contributed by atoms with Crippen molar-refractivity contribution in [2.75, 3.05) is 26.7 Å². The van der Waals surface area contributed by atoms with E-state index in [0.717, 1.165) is 18.7 Å².